The maximum atomic E-state index is 15.3. The van der Waals surface area contributed by atoms with Gasteiger partial charge in [0.25, 0.3) is 5.91 Å². The average Bonchev–Trinajstić information content (AvgIpc) is 3.82. The number of ether oxygens (including phenoxy) is 1. The Hall–Kier alpha value is -6.55. The molecule has 3 heterocycles. The van der Waals surface area contributed by atoms with Crippen LogP contribution in [0.2, 0.25) is 0 Å². The van der Waals surface area contributed by atoms with E-state index >= 15 is 8.78 Å². The molecule has 1 aliphatic heterocycles. The van der Waals surface area contributed by atoms with E-state index in [0.717, 1.165) is 47.8 Å². The Bertz CT molecular complexity index is 2850. The van der Waals surface area contributed by atoms with Crippen molar-refractivity contribution in [3.8, 4) is 16.2 Å². The van der Waals surface area contributed by atoms with Gasteiger partial charge in [-0.3, -0.25) is 14.5 Å². The van der Waals surface area contributed by atoms with Gasteiger partial charge in [-0.05, 0) is 90.5 Å². The summed E-state index contributed by atoms with van der Waals surface area (Å²) in [4.78, 5) is 45.3. The van der Waals surface area contributed by atoms with Crippen molar-refractivity contribution in [1.29, 1.82) is 0 Å². The number of pyridine rings is 1. The minimum absolute atomic E-state index is 0.0245. The van der Waals surface area contributed by atoms with Crippen molar-refractivity contribution < 1.29 is 38.4 Å². The van der Waals surface area contributed by atoms with Gasteiger partial charge in [-0.25, -0.2) is 13.6 Å². The molecular weight excluding hydrogens is 851 g/mol. The van der Waals surface area contributed by atoms with E-state index in [1.165, 1.54) is 53.3 Å². The molecule has 1 saturated heterocycles. The Morgan fingerprint density at radius 2 is 1.58 bits per heavy atom. The molecule has 0 aliphatic carbocycles. The number of nitrogens with one attached hydrogen (secondary N) is 3. The Kier molecular flexibility index (Phi) is 13.9. The second-order valence-corrected chi connectivity index (χ2v) is 17.4. The predicted octanol–water partition coefficient (Wildman–Crippen LogP) is 7.68. The molecule has 1 aliphatic rings. The molecule has 8 rings (SSSR count). The second-order valence-electron chi connectivity index (χ2n) is 16.2. The number of aliphatic hydroxyl groups excluding tert-OH is 1. The molecule has 14 heteroatoms. The molecule has 65 heavy (non-hydrogen) atoms. The lowest BCUT2D eigenvalue weighted by Crippen LogP contribution is -2.40. The molecule has 0 spiro atoms. The van der Waals surface area contributed by atoms with Gasteiger partial charge in [-0.1, -0.05) is 91.0 Å². The molecular formula is C51H48F2N4O7S. The summed E-state index contributed by atoms with van der Waals surface area (Å²) in [5, 5.41) is 39.2. The summed E-state index contributed by atoms with van der Waals surface area (Å²) < 4.78 is 36.4. The number of fused-ring (bicyclic) bond motifs is 1. The lowest BCUT2D eigenvalue weighted by Gasteiger charge is -2.33. The number of benzene rings is 5. The Labute approximate surface area is 378 Å². The minimum Gasteiger partial charge on any atom is -0.506 e. The fraction of sp³-hybridized carbons (Fsp3) is 0.235. The number of halogens is 2. The van der Waals surface area contributed by atoms with Crippen molar-refractivity contribution in [3.63, 3.8) is 0 Å². The van der Waals surface area contributed by atoms with Crippen LogP contribution in [0.3, 0.4) is 0 Å². The van der Waals surface area contributed by atoms with E-state index in [1.807, 2.05) is 36.4 Å². The summed E-state index contributed by atoms with van der Waals surface area (Å²) in [6.07, 6.45) is 0.636. The molecule has 334 valence electrons. The van der Waals surface area contributed by atoms with Gasteiger partial charge in [0.1, 0.15) is 5.75 Å². The zero-order valence-electron chi connectivity index (χ0n) is 35.3. The van der Waals surface area contributed by atoms with Gasteiger partial charge in [-0.15, -0.1) is 11.3 Å². The van der Waals surface area contributed by atoms with E-state index in [9.17, 15) is 29.7 Å². The first-order valence-electron chi connectivity index (χ1n) is 21.4. The third kappa shape index (κ3) is 10.2. The third-order valence-corrected chi connectivity index (χ3v) is 13.0. The van der Waals surface area contributed by atoms with Crippen LogP contribution in [0.25, 0.3) is 21.3 Å². The number of nitrogens with zero attached hydrogens (tertiary/aromatic N) is 1. The van der Waals surface area contributed by atoms with Crippen LogP contribution in [0.1, 0.15) is 62.0 Å². The summed E-state index contributed by atoms with van der Waals surface area (Å²) >= 11 is 1.36. The van der Waals surface area contributed by atoms with Crippen LogP contribution < -0.4 is 16.2 Å². The number of esters is 1. The van der Waals surface area contributed by atoms with Gasteiger partial charge in [0, 0.05) is 52.0 Å². The van der Waals surface area contributed by atoms with Crippen LogP contribution >= 0.6 is 11.3 Å². The third-order valence-electron chi connectivity index (χ3n) is 11.9. The summed E-state index contributed by atoms with van der Waals surface area (Å²) in [5.74, 6) is -4.07. The Balaban J connectivity index is 0.874. The number of phenols is 1. The van der Waals surface area contributed by atoms with Gasteiger partial charge >= 0.3 is 5.97 Å². The van der Waals surface area contributed by atoms with Crippen molar-refractivity contribution in [3.05, 3.63) is 194 Å². The van der Waals surface area contributed by atoms with Crippen LogP contribution in [0, 0.1) is 17.6 Å². The van der Waals surface area contributed by atoms with Crippen molar-refractivity contribution in [1.82, 2.24) is 20.5 Å². The van der Waals surface area contributed by atoms with E-state index in [4.69, 9.17) is 4.74 Å². The van der Waals surface area contributed by atoms with Gasteiger partial charge < -0.3 is 35.7 Å². The molecule has 6 N–H and O–H groups in total. The number of aromatic nitrogens is 1. The number of carbonyl (C=O) groups excluding carboxylic acids is 2. The van der Waals surface area contributed by atoms with Gasteiger partial charge in [0.15, 0.2) is 11.6 Å². The van der Waals surface area contributed by atoms with E-state index in [-0.39, 0.29) is 49.0 Å². The van der Waals surface area contributed by atoms with Crippen LogP contribution in [-0.4, -0.2) is 63.3 Å². The van der Waals surface area contributed by atoms with Gasteiger partial charge in [0.2, 0.25) is 11.2 Å². The highest BCUT2D eigenvalue weighted by Crippen LogP contribution is 2.36. The van der Waals surface area contributed by atoms with Crippen LogP contribution in [-0.2, 0) is 34.8 Å². The molecule has 1 fully saturated rings. The van der Waals surface area contributed by atoms with Gasteiger partial charge in [-0.2, -0.15) is 0 Å². The van der Waals surface area contributed by atoms with E-state index in [2.05, 4.69) is 32.7 Å². The normalized spacial score (nSPS) is 14.8. The largest absolute Gasteiger partial charge is 0.506 e. The fourth-order valence-corrected chi connectivity index (χ4v) is 9.17. The molecule has 2 atom stereocenters. The number of carbonyl (C=O) groups is 2. The molecule has 11 nitrogen and oxygen atoms in total. The van der Waals surface area contributed by atoms with Crippen LogP contribution in [0.5, 0.6) is 5.75 Å². The first-order chi connectivity index (χ1) is 31.5. The summed E-state index contributed by atoms with van der Waals surface area (Å²) in [5.41, 5.74) is 0.248. The highest BCUT2D eigenvalue weighted by molar-refractivity contribution is 7.15. The highest BCUT2D eigenvalue weighted by Gasteiger charge is 2.42. The minimum atomic E-state index is -2.09. The predicted molar refractivity (Wildman–Crippen MR) is 245 cm³/mol. The van der Waals surface area contributed by atoms with E-state index < -0.39 is 46.3 Å². The zero-order chi connectivity index (χ0) is 45.5. The molecule has 0 radical (unpaired) electrons. The smallest absolute Gasteiger partial charge is 0.347 e. The van der Waals surface area contributed by atoms with Crippen LogP contribution in [0.15, 0.2) is 138 Å². The second kappa shape index (κ2) is 20.1. The zero-order valence-corrected chi connectivity index (χ0v) is 36.1. The van der Waals surface area contributed by atoms with Crippen LogP contribution in [0.4, 0.5) is 8.78 Å². The molecule has 2 aromatic heterocycles. The lowest BCUT2D eigenvalue weighted by atomic mass is 9.85. The number of hydrogen-bond donors (Lipinski definition) is 6. The first kappa shape index (κ1) is 45.0. The maximum Gasteiger partial charge on any atom is 0.347 e. The number of aliphatic hydroxyl groups is 2. The van der Waals surface area contributed by atoms with Crippen molar-refractivity contribution in [2.24, 2.45) is 5.92 Å². The first-order valence-corrected chi connectivity index (χ1v) is 22.2. The van der Waals surface area contributed by atoms with Crippen molar-refractivity contribution in [2.75, 3.05) is 26.2 Å². The highest BCUT2D eigenvalue weighted by atomic mass is 32.1. The standard InChI is InChI=1S/C51H48F2N4O7S/c52-46-35(27-54-29-43(59)39-17-19-42(58)48-40(39)18-21-45(60)56-48)14-16-41(47(46)53)49(61)55-28-38-15-20-44(65-38)34-10-7-13-37(26-34)51(63,36-11-5-2-6-12-36)50(62)64-31-33-22-24-57(25-23-33)30-32-8-3-1-4-9-32/h1-21,26,33,43,54,58-59,63H,22-25,27-31H2,(H,55,61)(H,56,60)/t43-,51-/m0/s1. The number of hydrogen-bond acceptors (Lipinski definition) is 10. The van der Waals surface area contributed by atoms with E-state index in [1.54, 1.807) is 48.5 Å². The number of amides is 1. The van der Waals surface area contributed by atoms with Gasteiger partial charge in [0.05, 0.1) is 30.3 Å². The Morgan fingerprint density at radius 1 is 0.846 bits per heavy atom. The number of likely N-dealkylation sites (tertiary alicyclic amines) is 1. The van der Waals surface area contributed by atoms with E-state index in [0.29, 0.717) is 22.1 Å². The number of aromatic amines is 1. The molecule has 7 aromatic rings. The number of piperidine rings is 1. The fourth-order valence-electron chi connectivity index (χ4n) is 8.23. The summed E-state index contributed by atoms with van der Waals surface area (Å²) in [6.45, 7) is 2.65. The number of thiophene rings is 1. The monoisotopic (exact) mass is 898 g/mol. The number of phenolic OH excluding ortho intramolecular Hbond substituents is 1. The molecule has 5 aromatic carbocycles. The molecule has 1 amide bonds. The molecule has 0 saturated carbocycles. The van der Waals surface area contributed by atoms with Crippen molar-refractivity contribution >= 4 is 34.1 Å². The van der Waals surface area contributed by atoms with Crippen molar-refractivity contribution in [2.45, 2.75) is 44.2 Å². The Morgan fingerprint density at radius 3 is 2.35 bits per heavy atom. The maximum absolute atomic E-state index is 15.3. The summed E-state index contributed by atoms with van der Waals surface area (Å²) in [6, 6.07) is 37.9. The molecule has 0 bridgehead atoms. The number of rotatable bonds is 16. The number of aromatic hydroxyl groups is 1. The lowest BCUT2D eigenvalue weighted by molar-refractivity contribution is -0.164. The quantitative estimate of drug-likeness (QED) is 0.0534. The SMILES string of the molecule is O=C(NCc1ccc(-c2cccc([C@](O)(C(=O)OCC3CCN(Cc4ccccc4)CC3)c3ccccc3)c2)s1)c1ccc(CNC[C@H](O)c2ccc(O)c3[nH]c(=O)ccc23)c(F)c1F. The molecule has 0 unspecified atom stereocenters. The average molecular weight is 899 g/mol. The summed E-state index contributed by atoms with van der Waals surface area (Å²) in [7, 11) is 0. The topological polar surface area (TPSA) is 164 Å². The number of H-pyrrole nitrogens is 1.